The van der Waals surface area contributed by atoms with E-state index in [2.05, 4.69) is 37.2 Å². The first-order chi connectivity index (χ1) is 8.10. The van der Waals surface area contributed by atoms with E-state index < -0.39 is 0 Å². The van der Waals surface area contributed by atoms with E-state index in [1.165, 1.54) is 0 Å². The highest BCUT2D eigenvalue weighted by Gasteiger charge is 2.42. The van der Waals surface area contributed by atoms with Crippen LogP contribution in [0, 0.1) is 5.92 Å². The first-order valence-electron chi connectivity index (χ1n) is 6.27. The highest BCUT2D eigenvalue weighted by Crippen LogP contribution is 2.45. The summed E-state index contributed by atoms with van der Waals surface area (Å²) in [7, 11) is 0. The third-order valence-corrected chi connectivity index (χ3v) is 3.50. The molecule has 0 unspecified atom stereocenters. The van der Waals surface area contributed by atoms with Crippen LogP contribution in [-0.2, 0) is 12.0 Å². The quantitative estimate of drug-likeness (QED) is 0.881. The van der Waals surface area contributed by atoms with Gasteiger partial charge >= 0.3 is 0 Å². The van der Waals surface area contributed by atoms with Crippen LogP contribution in [0.4, 0.5) is 0 Å². The molecule has 1 heterocycles. The molecule has 3 rings (SSSR count). The Labute approximate surface area is 101 Å². The topological polar surface area (TPSA) is 52.0 Å². The van der Waals surface area contributed by atoms with Crippen molar-refractivity contribution in [3.63, 3.8) is 0 Å². The first-order valence-corrected chi connectivity index (χ1v) is 6.27. The Hall–Kier alpha value is -1.35. The Balaban J connectivity index is 2.12. The Morgan fingerprint density at radius 1 is 1.41 bits per heavy atom. The summed E-state index contributed by atoms with van der Waals surface area (Å²) in [6.07, 6.45) is 3.05. The maximum Gasteiger partial charge on any atom is 0.172 e. The lowest BCUT2D eigenvalue weighted by Crippen LogP contribution is -2.18. The minimum absolute atomic E-state index is 0.159. The van der Waals surface area contributed by atoms with Gasteiger partial charge in [0.2, 0.25) is 0 Å². The molecule has 0 radical (unpaired) electrons. The molecule has 1 fully saturated rings. The Morgan fingerprint density at radius 2 is 2.18 bits per heavy atom. The molecular formula is C14H18N2O. The van der Waals surface area contributed by atoms with Gasteiger partial charge < -0.3 is 10.3 Å². The van der Waals surface area contributed by atoms with Crippen LogP contribution >= 0.6 is 0 Å². The molecule has 2 N–H and O–H groups in total. The first kappa shape index (κ1) is 10.8. The second-order valence-corrected chi connectivity index (χ2v) is 5.57. The molecule has 3 heteroatoms. The normalized spacial score (nSPS) is 17.9. The summed E-state index contributed by atoms with van der Waals surface area (Å²) in [5.74, 6) is 0.583. The van der Waals surface area contributed by atoms with Crippen molar-refractivity contribution in [1.82, 2.24) is 5.16 Å². The number of rotatable bonds is 3. The van der Waals surface area contributed by atoms with E-state index >= 15 is 0 Å². The average Bonchev–Trinajstić information content (AvgIpc) is 2.90. The maximum atomic E-state index is 6.26. The van der Waals surface area contributed by atoms with Crippen LogP contribution in [0.5, 0.6) is 0 Å². The Morgan fingerprint density at radius 3 is 2.82 bits per heavy atom. The van der Waals surface area contributed by atoms with Crippen LogP contribution in [0.15, 0.2) is 22.7 Å². The molecule has 90 valence electrons. The lowest BCUT2D eigenvalue weighted by atomic mass is 10.00. The molecule has 2 aromatic rings. The number of fused-ring (bicyclic) bond motifs is 1. The molecule has 1 aliphatic rings. The number of nitrogens with two attached hydrogens (primary N) is 1. The van der Waals surface area contributed by atoms with Crippen molar-refractivity contribution in [2.75, 3.05) is 0 Å². The third kappa shape index (κ3) is 1.75. The fourth-order valence-corrected chi connectivity index (χ4v) is 2.34. The van der Waals surface area contributed by atoms with Gasteiger partial charge in [0.05, 0.1) is 5.69 Å². The molecule has 0 bridgehead atoms. The molecular weight excluding hydrogens is 212 g/mol. The smallest absolute Gasteiger partial charge is 0.172 e. The average molecular weight is 230 g/mol. The van der Waals surface area contributed by atoms with Gasteiger partial charge in [-0.1, -0.05) is 31.1 Å². The van der Waals surface area contributed by atoms with Gasteiger partial charge in [0.25, 0.3) is 0 Å². The molecule has 1 aromatic heterocycles. The zero-order valence-corrected chi connectivity index (χ0v) is 10.4. The van der Waals surface area contributed by atoms with Crippen molar-refractivity contribution in [2.45, 2.75) is 38.6 Å². The van der Waals surface area contributed by atoms with E-state index in [1.54, 1.807) is 0 Å². The van der Waals surface area contributed by atoms with Crippen molar-refractivity contribution in [3.8, 4) is 0 Å². The van der Waals surface area contributed by atoms with Crippen molar-refractivity contribution in [3.05, 3.63) is 29.5 Å². The Kier molecular flexibility index (Phi) is 2.26. The number of nitrogens with zero attached hydrogens (tertiary/aromatic N) is 1. The van der Waals surface area contributed by atoms with Crippen molar-refractivity contribution in [1.29, 1.82) is 0 Å². The van der Waals surface area contributed by atoms with Gasteiger partial charge in [-0.3, -0.25) is 0 Å². The SMILES string of the molecule is CC(C)Cc1noc2c(C3(N)CC3)cccc12. The standard InChI is InChI=1S/C14H18N2O/c1-9(2)8-12-10-4-3-5-11(13(10)17-16-12)14(15)6-7-14/h3-5,9H,6-8,15H2,1-2H3. The number of aromatic nitrogens is 1. The van der Waals surface area contributed by atoms with E-state index in [-0.39, 0.29) is 5.54 Å². The number of hydrogen-bond donors (Lipinski definition) is 1. The van der Waals surface area contributed by atoms with E-state index in [0.717, 1.165) is 41.5 Å². The summed E-state index contributed by atoms with van der Waals surface area (Å²) in [4.78, 5) is 0. The fourth-order valence-electron chi connectivity index (χ4n) is 2.34. The minimum atomic E-state index is -0.159. The molecule has 3 nitrogen and oxygen atoms in total. The molecule has 0 amide bonds. The van der Waals surface area contributed by atoms with Gasteiger partial charge in [0, 0.05) is 16.5 Å². The summed E-state index contributed by atoms with van der Waals surface area (Å²) < 4.78 is 5.52. The summed E-state index contributed by atoms with van der Waals surface area (Å²) in [5.41, 5.74) is 9.17. The van der Waals surface area contributed by atoms with Crippen LogP contribution in [0.3, 0.4) is 0 Å². The summed E-state index contributed by atoms with van der Waals surface area (Å²) >= 11 is 0. The minimum Gasteiger partial charge on any atom is -0.356 e. The highest BCUT2D eigenvalue weighted by molar-refractivity contribution is 5.83. The predicted octanol–water partition coefficient (Wildman–Crippen LogP) is 2.97. The van der Waals surface area contributed by atoms with Gasteiger partial charge in [0.1, 0.15) is 0 Å². The van der Waals surface area contributed by atoms with Gasteiger partial charge in [-0.15, -0.1) is 0 Å². The van der Waals surface area contributed by atoms with Crippen LogP contribution < -0.4 is 5.73 Å². The van der Waals surface area contributed by atoms with E-state index in [9.17, 15) is 0 Å². The van der Waals surface area contributed by atoms with Crippen molar-refractivity contribution in [2.24, 2.45) is 11.7 Å². The van der Waals surface area contributed by atoms with Crippen molar-refractivity contribution < 1.29 is 4.52 Å². The number of hydrogen-bond acceptors (Lipinski definition) is 3. The monoisotopic (exact) mass is 230 g/mol. The molecule has 0 aliphatic heterocycles. The van der Waals surface area contributed by atoms with E-state index in [0.29, 0.717) is 5.92 Å². The second-order valence-electron chi connectivity index (χ2n) is 5.57. The summed E-state index contributed by atoms with van der Waals surface area (Å²) in [6.45, 7) is 4.38. The molecule has 17 heavy (non-hydrogen) atoms. The molecule has 0 spiro atoms. The lowest BCUT2D eigenvalue weighted by molar-refractivity contribution is 0.435. The van der Waals surface area contributed by atoms with Gasteiger partial charge in [-0.25, -0.2) is 0 Å². The third-order valence-electron chi connectivity index (χ3n) is 3.50. The zero-order chi connectivity index (χ0) is 12.0. The second kappa shape index (κ2) is 3.57. The molecule has 1 aliphatic carbocycles. The molecule has 0 saturated heterocycles. The van der Waals surface area contributed by atoms with E-state index in [1.807, 2.05) is 0 Å². The van der Waals surface area contributed by atoms with Gasteiger partial charge in [-0.05, 0) is 31.2 Å². The molecule has 1 aromatic carbocycles. The molecule has 1 saturated carbocycles. The fraction of sp³-hybridized carbons (Fsp3) is 0.500. The van der Waals surface area contributed by atoms with Gasteiger partial charge in [0.15, 0.2) is 5.58 Å². The summed E-state index contributed by atoms with van der Waals surface area (Å²) in [5, 5.41) is 5.34. The highest BCUT2D eigenvalue weighted by atomic mass is 16.5. The summed E-state index contributed by atoms with van der Waals surface area (Å²) in [6, 6.07) is 6.21. The van der Waals surface area contributed by atoms with Crippen LogP contribution in [0.2, 0.25) is 0 Å². The van der Waals surface area contributed by atoms with Crippen molar-refractivity contribution >= 4 is 11.0 Å². The number of para-hydroxylation sites is 1. The molecule has 0 atom stereocenters. The number of benzene rings is 1. The predicted molar refractivity (Wildman–Crippen MR) is 67.7 cm³/mol. The van der Waals surface area contributed by atoms with Crippen LogP contribution in [-0.4, -0.2) is 5.16 Å². The van der Waals surface area contributed by atoms with Crippen LogP contribution in [0.1, 0.15) is 37.9 Å². The largest absolute Gasteiger partial charge is 0.356 e. The Bertz CT molecular complexity index is 552. The van der Waals surface area contributed by atoms with E-state index in [4.69, 9.17) is 10.3 Å². The van der Waals surface area contributed by atoms with Crippen LogP contribution in [0.25, 0.3) is 11.0 Å². The maximum absolute atomic E-state index is 6.26. The van der Waals surface area contributed by atoms with Gasteiger partial charge in [-0.2, -0.15) is 0 Å². The lowest BCUT2D eigenvalue weighted by Gasteiger charge is -2.08. The zero-order valence-electron chi connectivity index (χ0n) is 10.4.